The average molecular weight is 312 g/mol. The molecule has 0 spiro atoms. The molecule has 1 heterocycles. The van der Waals surface area contributed by atoms with Crippen molar-refractivity contribution >= 4 is 11.5 Å². The Morgan fingerprint density at radius 2 is 2.14 bits per heavy atom. The maximum Gasteiger partial charge on any atom is 0.341 e. The number of rotatable bonds is 3. The maximum absolute atomic E-state index is 13.3. The van der Waals surface area contributed by atoms with Gasteiger partial charge in [0, 0.05) is 19.0 Å². The van der Waals surface area contributed by atoms with Crippen LogP contribution >= 0.6 is 0 Å². The molecule has 1 aliphatic rings. The normalized spacial score (nSPS) is 18.0. The molecule has 4 nitrogen and oxygen atoms in total. The third-order valence-electron chi connectivity index (χ3n) is 3.61. The van der Waals surface area contributed by atoms with Gasteiger partial charge in [-0.1, -0.05) is 6.08 Å². The molecule has 0 N–H and O–H groups in total. The smallest absolute Gasteiger partial charge is 0.341 e. The molecule has 1 aromatic heterocycles. The molecule has 0 aromatic carbocycles. The first-order valence-electron chi connectivity index (χ1n) is 7.48. The Bertz CT molecular complexity index is 598. The minimum absolute atomic E-state index is 0.209. The Morgan fingerprint density at radius 3 is 2.64 bits per heavy atom. The quantitative estimate of drug-likeness (QED) is 0.792. The second-order valence-corrected chi connectivity index (χ2v) is 6.52. The molecule has 22 heavy (non-hydrogen) atoms. The lowest BCUT2D eigenvalue weighted by atomic mass is 9.93. The van der Waals surface area contributed by atoms with Crippen LogP contribution in [0.3, 0.4) is 0 Å². The fourth-order valence-corrected chi connectivity index (χ4v) is 2.32. The second-order valence-electron chi connectivity index (χ2n) is 6.52. The summed E-state index contributed by atoms with van der Waals surface area (Å²) in [6.07, 6.45) is 2.81. The Kier molecular flexibility index (Phi) is 4.40. The molecule has 6 heteroatoms. The number of aromatic nitrogens is 2. The summed E-state index contributed by atoms with van der Waals surface area (Å²) >= 11 is 0. The van der Waals surface area contributed by atoms with E-state index in [1.54, 1.807) is 17.8 Å². The van der Waals surface area contributed by atoms with E-state index in [0.29, 0.717) is 16.8 Å². The molecule has 0 radical (unpaired) electrons. The van der Waals surface area contributed by atoms with Gasteiger partial charge in [-0.2, -0.15) is 5.10 Å². The highest BCUT2D eigenvalue weighted by Crippen LogP contribution is 2.37. The van der Waals surface area contributed by atoms with Crippen molar-refractivity contribution in [2.24, 2.45) is 0 Å². The summed E-state index contributed by atoms with van der Waals surface area (Å²) in [5.41, 5.74) is 1.19. The van der Waals surface area contributed by atoms with E-state index in [0.717, 1.165) is 0 Å². The highest BCUT2D eigenvalue weighted by atomic mass is 19.3. The summed E-state index contributed by atoms with van der Waals surface area (Å²) in [6.45, 7) is 7.87. The van der Waals surface area contributed by atoms with E-state index in [4.69, 9.17) is 4.74 Å². The van der Waals surface area contributed by atoms with Gasteiger partial charge in [-0.15, -0.1) is 0 Å². The average Bonchev–Trinajstić information content (AvgIpc) is 2.84. The fraction of sp³-hybridized carbons (Fsp3) is 0.625. The number of hydrogen-bond acceptors (Lipinski definition) is 3. The monoisotopic (exact) mass is 312 g/mol. The van der Waals surface area contributed by atoms with E-state index in [-0.39, 0.29) is 31.4 Å². The van der Waals surface area contributed by atoms with Gasteiger partial charge in [0.2, 0.25) is 0 Å². The van der Waals surface area contributed by atoms with Gasteiger partial charge in [0.1, 0.15) is 11.3 Å². The molecule has 0 bridgehead atoms. The summed E-state index contributed by atoms with van der Waals surface area (Å²) in [5.74, 6) is -3.13. The SMILES string of the molecule is CCOC(=O)c1cn(C(C)(C)C)nc1C1=CCC(F)(F)CC1. The molecule has 1 aromatic rings. The summed E-state index contributed by atoms with van der Waals surface area (Å²) < 4.78 is 33.4. The topological polar surface area (TPSA) is 44.1 Å². The van der Waals surface area contributed by atoms with Crippen molar-refractivity contribution in [1.29, 1.82) is 0 Å². The predicted molar refractivity (Wildman–Crippen MR) is 80.0 cm³/mol. The lowest BCUT2D eigenvalue weighted by Gasteiger charge is -2.21. The first kappa shape index (κ1) is 16.6. The highest BCUT2D eigenvalue weighted by Gasteiger charge is 2.33. The molecule has 0 unspecified atom stereocenters. The first-order valence-corrected chi connectivity index (χ1v) is 7.48. The fourth-order valence-electron chi connectivity index (χ4n) is 2.32. The van der Waals surface area contributed by atoms with Crippen LogP contribution in [0.4, 0.5) is 8.78 Å². The molecule has 0 saturated carbocycles. The predicted octanol–water partition coefficient (Wildman–Crippen LogP) is 4.02. The van der Waals surface area contributed by atoms with Gasteiger partial charge in [-0.3, -0.25) is 4.68 Å². The first-order chi connectivity index (χ1) is 10.1. The van der Waals surface area contributed by atoms with Gasteiger partial charge in [-0.05, 0) is 39.7 Å². The van der Waals surface area contributed by atoms with Crippen LogP contribution in [0.15, 0.2) is 12.3 Å². The van der Waals surface area contributed by atoms with E-state index in [2.05, 4.69) is 5.10 Å². The third kappa shape index (κ3) is 3.54. The zero-order valence-electron chi connectivity index (χ0n) is 13.4. The molecular formula is C16H22F2N2O2. The zero-order chi connectivity index (χ0) is 16.5. The lowest BCUT2D eigenvalue weighted by molar-refractivity contribution is -0.00606. The number of hydrogen-bond donors (Lipinski definition) is 0. The number of carbonyl (C=O) groups is 1. The zero-order valence-corrected chi connectivity index (χ0v) is 13.4. The molecule has 0 saturated heterocycles. The van der Waals surface area contributed by atoms with E-state index in [9.17, 15) is 13.6 Å². The Balaban J connectivity index is 2.43. The van der Waals surface area contributed by atoms with Gasteiger partial charge >= 0.3 is 5.97 Å². The highest BCUT2D eigenvalue weighted by molar-refractivity contribution is 5.94. The van der Waals surface area contributed by atoms with Crippen LogP contribution in [0.2, 0.25) is 0 Å². The van der Waals surface area contributed by atoms with Gasteiger partial charge in [0.15, 0.2) is 0 Å². The third-order valence-corrected chi connectivity index (χ3v) is 3.61. The van der Waals surface area contributed by atoms with Gasteiger partial charge < -0.3 is 4.74 Å². The van der Waals surface area contributed by atoms with Crippen LogP contribution in [-0.4, -0.2) is 28.3 Å². The standard InChI is InChI=1S/C16H22F2N2O2/c1-5-22-14(21)12-10-20(15(2,3)4)19-13(12)11-6-8-16(17,18)9-7-11/h6,10H,5,7-9H2,1-4H3. The van der Waals surface area contributed by atoms with Crippen molar-refractivity contribution in [3.63, 3.8) is 0 Å². The molecule has 1 aliphatic carbocycles. The summed E-state index contributed by atoms with van der Waals surface area (Å²) in [7, 11) is 0. The van der Waals surface area contributed by atoms with Crippen LogP contribution in [0.5, 0.6) is 0 Å². The van der Waals surface area contributed by atoms with Crippen molar-refractivity contribution in [2.45, 2.75) is 58.4 Å². The maximum atomic E-state index is 13.3. The Morgan fingerprint density at radius 1 is 1.45 bits per heavy atom. The number of nitrogens with zero attached hydrogens (tertiary/aromatic N) is 2. The largest absolute Gasteiger partial charge is 0.462 e. The molecule has 0 amide bonds. The number of alkyl halides is 2. The molecule has 122 valence electrons. The lowest BCUT2D eigenvalue weighted by Crippen LogP contribution is -2.22. The van der Waals surface area contributed by atoms with Crippen LogP contribution in [0.25, 0.3) is 5.57 Å². The summed E-state index contributed by atoms with van der Waals surface area (Å²) in [6, 6.07) is 0. The van der Waals surface area contributed by atoms with Crippen molar-refractivity contribution in [2.75, 3.05) is 6.61 Å². The van der Waals surface area contributed by atoms with Gasteiger partial charge in [0.25, 0.3) is 5.92 Å². The van der Waals surface area contributed by atoms with Gasteiger partial charge in [-0.25, -0.2) is 13.6 Å². The van der Waals surface area contributed by atoms with Gasteiger partial charge in [0.05, 0.1) is 12.1 Å². The molecule has 0 aliphatic heterocycles. The number of halogens is 2. The molecular weight excluding hydrogens is 290 g/mol. The summed E-state index contributed by atoms with van der Waals surface area (Å²) in [4.78, 5) is 12.1. The molecule has 0 fully saturated rings. The number of carbonyl (C=O) groups excluding carboxylic acids is 1. The minimum Gasteiger partial charge on any atom is -0.462 e. The van der Waals surface area contributed by atoms with Crippen LogP contribution in [0, 0.1) is 0 Å². The van der Waals surface area contributed by atoms with E-state index in [1.807, 2.05) is 20.8 Å². The Labute approximate surface area is 129 Å². The van der Waals surface area contributed by atoms with Crippen LogP contribution in [0.1, 0.15) is 63.0 Å². The second kappa shape index (κ2) is 5.82. The van der Waals surface area contributed by atoms with Crippen LogP contribution < -0.4 is 0 Å². The van der Waals surface area contributed by atoms with Crippen molar-refractivity contribution in [3.05, 3.63) is 23.5 Å². The van der Waals surface area contributed by atoms with Crippen LogP contribution in [-0.2, 0) is 10.3 Å². The summed E-state index contributed by atoms with van der Waals surface area (Å²) in [5, 5.41) is 4.46. The van der Waals surface area contributed by atoms with E-state index >= 15 is 0 Å². The van der Waals surface area contributed by atoms with Crippen molar-refractivity contribution in [1.82, 2.24) is 9.78 Å². The number of ether oxygens (including phenoxy) is 1. The molecule has 0 atom stereocenters. The Hall–Kier alpha value is -1.72. The minimum atomic E-state index is -2.67. The van der Waals surface area contributed by atoms with Crippen molar-refractivity contribution < 1.29 is 18.3 Å². The van der Waals surface area contributed by atoms with E-state index < -0.39 is 11.9 Å². The van der Waals surface area contributed by atoms with E-state index in [1.165, 1.54) is 6.08 Å². The number of allylic oxidation sites excluding steroid dienone is 2. The van der Waals surface area contributed by atoms with Crippen molar-refractivity contribution in [3.8, 4) is 0 Å². The number of esters is 1. The molecule has 2 rings (SSSR count).